The van der Waals surface area contributed by atoms with Crippen molar-refractivity contribution in [3.63, 3.8) is 0 Å². The van der Waals surface area contributed by atoms with Gasteiger partial charge in [-0.05, 0) is 24.0 Å². The molecule has 1 aromatic carbocycles. The predicted octanol–water partition coefficient (Wildman–Crippen LogP) is 2.11. The highest BCUT2D eigenvalue weighted by molar-refractivity contribution is 5.65. The number of nitrogens with zero attached hydrogens (tertiary/aromatic N) is 2. The molecule has 0 unspecified atom stereocenters. The molecule has 0 spiro atoms. The summed E-state index contributed by atoms with van der Waals surface area (Å²) in [6.07, 6.45) is 7.23. The Kier molecular flexibility index (Phi) is 3.53. The Morgan fingerprint density at radius 3 is 3.05 bits per heavy atom. The Bertz CT molecular complexity index is 557. The monoisotopic (exact) mass is 255 g/mol. The number of fused-ring (bicyclic) bond motifs is 1. The minimum Gasteiger partial charge on any atom is -0.372 e. The van der Waals surface area contributed by atoms with Gasteiger partial charge >= 0.3 is 0 Å². The highest BCUT2D eigenvalue weighted by Crippen LogP contribution is 2.32. The highest BCUT2D eigenvalue weighted by atomic mass is 16.5. The molecule has 0 aliphatic carbocycles. The summed E-state index contributed by atoms with van der Waals surface area (Å²) in [5, 5.41) is 0. The van der Waals surface area contributed by atoms with Crippen LogP contribution in [0.5, 0.6) is 0 Å². The third-order valence-corrected chi connectivity index (χ3v) is 3.50. The van der Waals surface area contributed by atoms with Crippen molar-refractivity contribution in [1.29, 1.82) is 0 Å². The van der Waals surface area contributed by atoms with Gasteiger partial charge in [-0.25, -0.2) is 0 Å². The quantitative estimate of drug-likeness (QED) is 0.892. The maximum absolute atomic E-state index is 5.82. The van der Waals surface area contributed by atoms with E-state index >= 15 is 0 Å². The van der Waals surface area contributed by atoms with Crippen LogP contribution in [0.1, 0.15) is 23.7 Å². The topological polar surface area (TPSA) is 61.0 Å². The second-order valence-electron chi connectivity index (χ2n) is 4.66. The van der Waals surface area contributed by atoms with Crippen molar-refractivity contribution in [3.8, 4) is 11.3 Å². The summed E-state index contributed by atoms with van der Waals surface area (Å²) in [4.78, 5) is 8.56. The van der Waals surface area contributed by atoms with Crippen LogP contribution in [0.2, 0.25) is 0 Å². The molecule has 2 aromatic rings. The van der Waals surface area contributed by atoms with Gasteiger partial charge in [-0.3, -0.25) is 9.97 Å². The number of nitrogens with two attached hydrogens (primary N) is 1. The van der Waals surface area contributed by atoms with E-state index < -0.39 is 0 Å². The summed E-state index contributed by atoms with van der Waals surface area (Å²) in [7, 11) is 0. The maximum Gasteiger partial charge on any atom is 0.0949 e. The van der Waals surface area contributed by atoms with Gasteiger partial charge in [0.2, 0.25) is 0 Å². The predicted molar refractivity (Wildman–Crippen MR) is 73.5 cm³/mol. The average molecular weight is 255 g/mol. The SMILES string of the molecule is NC[C@@H]1OCCCc2c(-c3cnccn3)cccc21. The second kappa shape index (κ2) is 5.47. The Balaban J connectivity index is 2.12. The molecule has 0 bridgehead atoms. The standard InChI is InChI=1S/C15H17N3O/c16-9-15-13-4-1-3-12(11(13)5-2-8-19-15)14-10-17-6-7-18-14/h1,3-4,6-7,10,15H,2,5,8-9,16H2/t15-/m0/s1. The average Bonchev–Trinajstić information content (AvgIpc) is 2.69. The summed E-state index contributed by atoms with van der Waals surface area (Å²) < 4.78 is 5.81. The number of hydrogen-bond donors (Lipinski definition) is 1. The van der Waals surface area contributed by atoms with Crippen molar-refractivity contribution >= 4 is 0 Å². The molecule has 0 fully saturated rings. The summed E-state index contributed by atoms with van der Waals surface area (Å²) in [5.74, 6) is 0. The first kappa shape index (κ1) is 12.3. The van der Waals surface area contributed by atoms with Crippen LogP contribution in [0, 0.1) is 0 Å². The number of rotatable bonds is 2. The third kappa shape index (κ3) is 2.37. The molecule has 1 atom stereocenters. The zero-order valence-corrected chi connectivity index (χ0v) is 10.7. The van der Waals surface area contributed by atoms with E-state index in [1.165, 1.54) is 11.1 Å². The summed E-state index contributed by atoms with van der Waals surface area (Å²) >= 11 is 0. The van der Waals surface area contributed by atoms with Gasteiger partial charge in [0.1, 0.15) is 0 Å². The van der Waals surface area contributed by atoms with E-state index in [2.05, 4.69) is 22.1 Å². The lowest BCUT2D eigenvalue weighted by molar-refractivity contribution is 0.0627. The van der Waals surface area contributed by atoms with E-state index in [0.717, 1.165) is 30.7 Å². The van der Waals surface area contributed by atoms with Crippen LogP contribution in [-0.4, -0.2) is 23.1 Å². The van der Waals surface area contributed by atoms with Gasteiger partial charge in [0.15, 0.2) is 0 Å². The minimum atomic E-state index is -0.00544. The molecule has 0 saturated heterocycles. The zero-order valence-electron chi connectivity index (χ0n) is 10.7. The fourth-order valence-corrected chi connectivity index (χ4v) is 2.62. The molecule has 1 aliphatic rings. The maximum atomic E-state index is 5.82. The van der Waals surface area contributed by atoms with Crippen molar-refractivity contribution in [2.75, 3.05) is 13.2 Å². The molecule has 3 rings (SSSR count). The number of hydrogen-bond acceptors (Lipinski definition) is 4. The molecule has 4 nitrogen and oxygen atoms in total. The van der Waals surface area contributed by atoms with Crippen LogP contribution < -0.4 is 5.73 Å². The smallest absolute Gasteiger partial charge is 0.0949 e. The molecule has 1 aliphatic heterocycles. The van der Waals surface area contributed by atoms with E-state index in [0.29, 0.717) is 6.54 Å². The first-order chi connectivity index (χ1) is 9.40. The lowest BCUT2D eigenvalue weighted by atomic mass is 9.93. The Hall–Kier alpha value is -1.78. The van der Waals surface area contributed by atoms with E-state index in [1.54, 1.807) is 18.6 Å². The lowest BCUT2D eigenvalue weighted by Crippen LogP contribution is -2.16. The lowest BCUT2D eigenvalue weighted by Gasteiger charge is -2.17. The van der Waals surface area contributed by atoms with Gasteiger partial charge in [-0.1, -0.05) is 18.2 Å². The molecule has 4 heteroatoms. The molecule has 0 saturated carbocycles. The Morgan fingerprint density at radius 2 is 2.26 bits per heavy atom. The van der Waals surface area contributed by atoms with Crippen molar-refractivity contribution in [2.45, 2.75) is 18.9 Å². The van der Waals surface area contributed by atoms with E-state index in [1.807, 2.05) is 6.07 Å². The summed E-state index contributed by atoms with van der Waals surface area (Å²) in [6.45, 7) is 1.27. The van der Waals surface area contributed by atoms with E-state index in [4.69, 9.17) is 10.5 Å². The number of ether oxygens (including phenoxy) is 1. The number of benzene rings is 1. The second-order valence-corrected chi connectivity index (χ2v) is 4.66. The Labute approximate surface area is 112 Å². The molecule has 2 N–H and O–H groups in total. The van der Waals surface area contributed by atoms with Crippen LogP contribution >= 0.6 is 0 Å². The molecule has 0 amide bonds. The van der Waals surface area contributed by atoms with Gasteiger partial charge in [-0.2, -0.15) is 0 Å². The fraction of sp³-hybridized carbons (Fsp3) is 0.333. The summed E-state index contributed by atoms with van der Waals surface area (Å²) in [5.41, 5.74) is 10.4. The van der Waals surface area contributed by atoms with Crippen LogP contribution in [0.15, 0.2) is 36.8 Å². The Morgan fingerprint density at radius 1 is 1.32 bits per heavy atom. The van der Waals surface area contributed by atoms with Crippen molar-refractivity contribution in [1.82, 2.24) is 9.97 Å². The van der Waals surface area contributed by atoms with Crippen LogP contribution in [0.25, 0.3) is 11.3 Å². The molecular formula is C15H17N3O. The first-order valence-corrected chi connectivity index (χ1v) is 6.60. The van der Waals surface area contributed by atoms with Crippen molar-refractivity contribution in [3.05, 3.63) is 47.9 Å². The molecular weight excluding hydrogens is 238 g/mol. The highest BCUT2D eigenvalue weighted by Gasteiger charge is 2.20. The summed E-state index contributed by atoms with van der Waals surface area (Å²) in [6, 6.07) is 6.25. The molecule has 2 heterocycles. The van der Waals surface area contributed by atoms with Crippen LogP contribution in [0.3, 0.4) is 0 Å². The van der Waals surface area contributed by atoms with Gasteiger partial charge < -0.3 is 10.5 Å². The minimum absolute atomic E-state index is 0.00544. The van der Waals surface area contributed by atoms with Crippen molar-refractivity contribution in [2.24, 2.45) is 5.73 Å². The fourth-order valence-electron chi connectivity index (χ4n) is 2.62. The van der Waals surface area contributed by atoms with Gasteiger partial charge in [0.05, 0.1) is 18.0 Å². The van der Waals surface area contributed by atoms with Crippen molar-refractivity contribution < 1.29 is 4.74 Å². The molecule has 1 aromatic heterocycles. The largest absolute Gasteiger partial charge is 0.372 e. The van der Waals surface area contributed by atoms with Gasteiger partial charge in [-0.15, -0.1) is 0 Å². The van der Waals surface area contributed by atoms with Crippen LogP contribution in [0.4, 0.5) is 0 Å². The normalized spacial score (nSPS) is 18.7. The molecule has 98 valence electrons. The first-order valence-electron chi connectivity index (χ1n) is 6.60. The van der Waals surface area contributed by atoms with Gasteiger partial charge in [0, 0.05) is 31.1 Å². The molecule has 19 heavy (non-hydrogen) atoms. The van der Waals surface area contributed by atoms with E-state index in [9.17, 15) is 0 Å². The molecule has 0 radical (unpaired) electrons. The zero-order chi connectivity index (χ0) is 13.1. The van der Waals surface area contributed by atoms with E-state index in [-0.39, 0.29) is 6.10 Å². The number of aromatic nitrogens is 2. The van der Waals surface area contributed by atoms with Crippen LogP contribution in [-0.2, 0) is 11.2 Å². The third-order valence-electron chi connectivity index (χ3n) is 3.50. The van der Waals surface area contributed by atoms with Gasteiger partial charge in [0.25, 0.3) is 0 Å².